The Morgan fingerprint density at radius 3 is 2.44 bits per heavy atom. The number of aromatic amines is 1. The van der Waals surface area contributed by atoms with E-state index in [0.717, 1.165) is 53.9 Å². The van der Waals surface area contributed by atoms with Gasteiger partial charge in [-0.15, -0.1) is 0 Å². The van der Waals surface area contributed by atoms with Gasteiger partial charge in [0.2, 0.25) is 5.91 Å². The Bertz CT molecular complexity index is 1340. The number of nitrogens with zero attached hydrogens (tertiary/aromatic N) is 2. The highest BCUT2D eigenvalue weighted by Crippen LogP contribution is 2.38. The van der Waals surface area contributed by atoms with Crippen LogP contribution in [0.15, 0.2) is 24.5 Å². The maximum absolute atomic E-state index is 13.5. The second kappa shape index (κ2) is 11.7. The Morgan fingerprint density at radius 2 is 1.77 bits per heavy atom. The van der Waals surface area contributed by atoms with Crippen molar-refractivity contribution in [2.45, 2.75) is 77.3 Å². The average Bonchev–Trinajstić information content (AvgIpc) is 3.68. The predicted molar refractivity (Wildman–Crippen MR) is 150 cm³/mol. The van der Waals surface area contributed by atoms with E-state index in [-0.39, 0.29) is 30.5 Å². The third-order valence-corrected chi connectivity index (χ3v) is 7.80. The Hall–Kier alpha value is -3.46. The first-order valence-corrected chi connectivity index (χ1v) is 14.0. The zero-order valence-corrected chi connectivity index (χ0v) is 23.3. The molecule has 5 rings (SSSR count). The predicted octanol–water partition coefficient (Wildman–Crippen LogP) is 4.65. The van der Waals surface area contributed by atoms with Crippen LogP contribution in [0.3, 0.4) is 0 Å². The highest BCUT2D eigenvalue weighted by Gasteiger charge is 2.28. The fourth-order valence-corrected chi connectivity index (χ4v) is 5.35. The zero-order valence-electron chi connectivity index (χ0n) is 23.3. The molecule has 2 aliphatic carbocycles. The van der Waals surface area contributed by atoms with Gasteiger partial charge in [0.25, 0.3) is 5.91 Å². The molecule has 0 bridgehead atoms. The summed E-state index contributed by atoms with van der Waals surface area (Å²) in [5.74, 6) is 1.55. The number of benzene rings is 1. The van der Waals surface area contributed by atoms with Gasteiger partial charge in [-0.2, -0.15) is 0 Å². The van der Waals surface area contributed by atoms with E-state index in [0.29, 0.717) is 29.5 Å². The fourth-order valence-electron chi connectivity index (χ4n) is 5.35. The van der Waals surface area contributed by atoms with Crippen molar-refractivity contribution in [3.05, 3.63) is 41.3 Å². The van der Waals surface area contributed by atoms with Crippen molar-refractivity contribution in [2.75, 3.05) is 20.3 Å². The summed E-state index contributed by atoms with van der Waals surface area (Å²) in [4.78, 5) is 37.9. The number of rotatable bonds is 10. The number of hydrogen-bond acceptors (Lipinski definition) is 6. The molecule has 9 heteroatoms. The van der Waals surface area contributed by atoms with Crippen LogP contribution in [0.1, 0.15) is 79.9 Å². The number of carbonyl (C=O) groups excluding carboxylic acids is 2. The second-order valence-electron chi connectivity index (χ2n) is 11.3. The van der Waals surface area contributed by atoms with Gasteiger partial charge in [-0.25, -0.2) is 9.97 Å². The average molecular weight is 534 g/mol. The number of amides is 2. The summed E-state index contributed by atoms with van der Waals surface area (Å²) in [6.07, 6.45) is 7.20. The van der Waals surface area contributed by atoms with Crippen LogP contribution in [0.25, 0.3) is 22.3 Å². The summed E-state index contributed by atoms with van der Waals surface area (Å²) in [6.45, 7) is 7.01. The molecule has 2 aliphatic rings. The van der Waals surface area contributed by atoms with Crippen LogP contribution in [0, 0.1) is 12.8 Å². The molecular formula is C30H39N5O4. The minimum atomic E-state index is -0.142. The Morgan fingerprint density at radius 1 is 1.05 bits per heavy atom. The Labute approximate surface area is 229 Å². The molecule has 2 saturated carbocycles. The summed E-state index contributed by atoms with van der Waals surface area (Å²) in [5, 5.41) is 6.21. The summed E-state index contributed by atoms with van der Waals surface area (Å²) in [7, 11) is 1.51. The number of aromatic nitrogens is 3. The Balaban J connectivity index is 1.37. The molecule has 2 amide bonds. The van der Waals surface area contributed by atoms with E-state index in [1.807, 2.05) is 13.0 Å². The number of ether oxygens (including phenoxy) is 2. The van der Waals surface area contributed by atoms with Crippen LogP contribution < -0.4 is 15.4 Å². The number of fused-ring (bicyclic) bond motifs is 1. The van der Waals surface area contributed by atoms with Gasteiger partial charge in [0.05, 0.1) is 17.7 Å². The minimum Gasteiger partial charge on any atom is -0.493 e. The van der Waals surface area contributed by atoms with Gasteiger partial charge in [-0.3, -0.25) is 9.59 Å². The van der Waals surface area contributed by atoms with Crippen molar-refractivity contribution in [1.29, 1.82) is 0 Å². The van der Waals surface area contributed by atoms with Crippen LogP contribution in [0.2, 0.25) is 0 Å². The van der Waals surface area contributed by atoms with Gasteiger partial charge in [-0.1, -0.05) is 19.9 Å². The molecule has 208 valence electrons. The topological polar surface area (TPSA) is 118 Å². The largest absolute Gasteiger partial charge is 0.493 e. The van der Waals surface area contributed by atoms with Crippen molar-refractivity contribution in [2.24, 2.45) is 5.92 Å². The van der Waals surface area contributed by atoms with Crippen LogP contribution >= 0.6 is 0 Å². The third-order valence-electron chi connectivity index (χ3n) is 7.80. The molecule has 0 radical (unpaired) electrons. The lowest BCUT2D eigenvalue weighted by molar-refractivity contribution is -0.125. The van der Waals surface area contributed by atoms with Gasteiger partial charge >= 0.3 is 0 Å². The molecule has 9 nitrogen and oxygen atoms in total. The van der Waals surface area contributed by atoms with Crippen molar-refractivity contribution in [1.82, 2.24) is 25.6 Å². The van der Waals surface area contributed by atoms with Gasteiger partial charge in [0.1, 0.15) is 29.9 Å². The SMILES string of the molecule is COCC(=O)N[C@H]1CC[C@@H](NC(=O)c2c(C)[nH]c3c(-c4cc(C(C)C)ccc4OCC4CC4)ncnc23)CC1. The molecule has 3 N–H and O–H groups in total. The fraction of sp³-hybridized carbons (Fsp3) is 0.533. The molecule has 1 aromatic carbocycles. The van der Waals surface area contributed by atoms with Gasteiger partial charge < -0.3 is 25.1 Å². The van der Waals surface area contributed by atoms with Crippen LogP contribution in [-0.2, 0) is 9.53 Å². The standard InChI is InChI=1S/C30H39N5O4/c1-17(2)20-7-12-24(39-14-19-5-6-19)23(13-20)27-29-28(32-16-31-27)26(18(3)33-29)30(37)35-22-10-8-21(9-11-22)34-25(36)15-38-4/h7,12-13,16-17,19,21-22,33H,5-6,8-11,14-15H2,1-4H3,(H,34,36)(H,35,37)/t21-,22+. The van der Waals surface area contributed by atoms with Crippen molar-refractivity contribution >= 4 is 22.8 Å². The van der Waals surface area contributed by atoms with Crippen molar-refractivity contribution in [3.63, 3.8) is 0 Å². The smallest absolute Gasteiger partial charge is 0.255 e. The molecule has 0 aliphatic heterocycles. The van der Waals surface area contributed by atoms with Gasteiger partial charge in [0.15, 0.2) is 0 Å². The van der Waals surface area contributed by atoms with Crippen LogP contribution in [-0.4, -0.2) is 59.2 Å². The van der Waals surface area contributed by atoms with E-state index in [1.54, 1.807) is 0 Å². The molecule has 0 saturated heterocycles. The molecule has 2 aromatic heterocycles. The number of methoxy groups -OCH3 is 1. The van der Waals surface area contributed by atoms with E-state index < -0.39 is 0 Å². The number of H-pyrrole nitrogens is 1. The van der Waals surface area contributed by atoms with E-state index >= 15 is 0 Å². The lowest BCUT2D eigenvalue weighted by Gasteiger charge is -2.29. The maximum atomic E-state index is 13.5. The van der Waals surface area contributed by atoms with Gasteiger partial charge in [-0.05, 0) is 75.0 Å². The molecular weight excluding hydrogens is 494 g/mol. The lowest BCUT2D eigenvalue weighted by Crippen LogP contribution is -2.44. The summed E-state index contributed by atoms with van der Waals surface area (Å²) in [5.41, 5.74) is 5.50. The number of carbonyl (C=O) groups is 2. The monoisotopic (exact) mass is 533 g/mol. The second-order valence-corrected chi connectivity index (χ2v) is 11.3. The first kappa shape index (κ1) is 27.1. The molecule has 3 aromatic rings. The van der Waals surface area contributed by atoms with E-state index in [4.69, 9.17) is 9.47 Å². The number of aryl methyl sites for hydroxylation is 1. The zero-order chi connectivity index (χ0) is 27.5. The first-order chi connectivity index (χ1) is 18.8. The normalized spacial score (nSPS) is 19.3. The highest BCUT2D eigenvalue weighted by atomic mass is 16.5. The molecule has 0 spiro atoms. The van der Waals surface area contributed by atoms with Crippen molar-refractivity contribution < 1.29 is 19.1 Å². The maximum Gasteiger partial charge on any atom is 0.255 e. The minimum absolute atomic E-state index is 0.0453. The quantitative estimate of drug-likeness (QED) is 0.349. The summed E-state index contributed by atoms with van der Waals surface area (Å²) >= 11 is 0. The van der Waals surface area contributed by atoms with Gasteiger partial charge in [0, 0.05) is 30.5 Å². The molecule has 39 heavy (non-hydrogen) atoms. The summed E-state index contributed by atoms with van der Waals surface area (Å²) in [6, 6.07) is 6.46. The van der Waals surface area contributed by atoms with E-state index in [1.165, 1.54) is 31.8 Å². The molecule has 0 atom stereocenters. The summed E-state index contributed by atoms with van der Waals surface area (Å²) < 4.78 is 11.1. The number of nitrogens with one attached hydrogen (secondary N) is 3. The van der Waals surface area contributed by atoms with Crippen molar-refractivity contribution in [3.8, 4) is 17.0 Å². The lowest BCUT2D eigenvalue weighted by atomic mass is 9.91. The number of hydrogen-bond donors (Lipinski definition) is 3. The Kier molecular flexibility index (Phi) is 8.16. The van der Waals surface area contributed by atoms with Crippen LogP contribution in [0.4, 0.5) is 0 Å². The first-order valence-electron chi connectivity index (χ1n) is 14.0. The van der Waals surface area contributed by atoms with E-state index in [9.17, 15) is 9.59 Å². The van der Waals surface area contributed by atoms with E-state index in [2.05, 4.69) is 51.6 Å². The molecule has 2 fully saturated rings. The van der Waals surface area contributed by atoms with Crippen LogP contribution in [0.5, 0.6) is 5.75 Å². The third kappa shape index (κ3) is 6.24. The molecule has 0 unspecified atom stereocenters. The molecule has 2 heterocycles. The highest BCUT2D eigenvalue weighted by molar-refractivity contribution is 6.09.